The van der Waals surface area contributed by atoms with Crippen LogP contribution < -0.4 is 5.73 Å². The van der Waals surface area contributed by atoms with E-state index in [9.17, 15) is 13.6 Å². The summed E-state index contributed by atoms with van der Waals surface area (Å²) in [4.78, 5) is 13.9. The monoisotopic (exact) mass is 236 g/mol. The van der Waals surface area contributed by atoms with Gasteiger partial charge in [0.05, 0.1) is 28.4 Å². The van der Waals surface area contributed by atoms with Gasteiger partial charge in [-0.1, -0.05) is 11.6 Å². The summed E-state index contributed by atoms with van der Waals surface area (Å²) in [7, 11) is 0. The smallest absolute Gasteiger partial charge is 0.309 e. The number of hydrogen-bond acceptors (Lipinski definition) is 3. The lowest BCUT2D eigenvalue weighted by atomic mass is 10.1. The molecule has 15 heavy (non-hydrogen) atoms. The van der Waals surface area contributed by atoms with Gasteiger partial charge in [0.15, 0.2) is 0 Å². The van der Waals surface area contributed by atoms with Gasteiger partial charge in [0, 0.05) is 6.20 Å². The summed E-state index contributed by atoms with van der Waals surface area (Å²) < 4.78 is 25.1. The highest BCUT2D eigenvalue weighted by Crippen LogP contribution is 2.32. The van der Waals surface area contributed by atoms with Crippen LogP contribution in [0.15, 0.2) is 6.20 Å². The Balaban J connectivity index is 3.26. The highest BCUT2D eigenvalue weighted by Gasteiger charge is 2.21. The van der Waals surface area contributed by atoms with Gasteiger partial charge < -0.3 is 10.8 Å². The van der Waals surface area contributed by atoms with Crippen LogP contribution in [0.2, 0.25) is 5.02 Å². The van der Waals surface area contributed by atoms with Crippen molar-refractivity contribution in [2.75, 3.05) is 5.73 Å². The summed E-state index contributed by atoms with van der Waals surface area (Å²) in [5.41, 5.74) is 4.12. The van der Waals surface area contributed by atoms with Crippen molar-refractivity contribution in [2.24, 2.45) is 0 Å². The molecule has 1 aromatic heterocycles. The zero-order valence-electron chi connectivity index (χ0n) is 7.38. The van der Waals surface area contributed by atoms with E-state index in [1.807, 2.05) is 0 Å². The predicted octanol–water partition coefficient (Wildman–Crippen LogP) is 1.88. The Morgan fingerprint density at radius 3 is 2.73 bits per heavy atom. The fourth-order valence-corrected chi connectivity index (χ4v) is 1.24. The Bertz CT molecular complexity index is 398. The van der Waals surface area contributed by atoms with E-state index in [1.54, 1.807) is 0 Å². The van der Waals surface area contributed by atoms with E-state index in [1.165, 1.54) is 0 Å². The summed E-state index contributed by atoms with van der Waals surface area (Å²) in [6.07, 6.45) is -2.45. The van der Waals surface area contributed by atoms with Crippen molar-refractivity contribution in [1.82, 2.24) is 4.98 Å². The second kappa shape index (κ2) is 4.39. The lowest BCUT2D eigenvalue weighted by molar-refractivity contribution is -0.136. The van der Waals surface area contributed by atoms with Crippen LogP contribution in [0.5, 0.6) is 0 Å². The quantitative estimate of drug-likeness (QED) is 0.840. The number of alkyl halides is 2. The number of halogens is 3. The molecule has 0 aliphatic heterocycles. The molecular formula is C8H7ClF2N2O2. The van der Waals surface area contributed by atoms with Crippen LogP contribution >= 0.6 is 11.6 Å². The number of hydrogen-bond donors (Lipinski definition) is 2. The maximum atomic E-state index is 12.5. The van der Waals surface area contributed by atoms with Gasteiger partial charge in [0.1, 0.15) is 0 Å². The van der Waals surface area contributed by atoms with Gasteiger partial charge in [0.2, 0.25) is 0 Å². The van der Waals surface area contributed by atoms with Crippen LogP contribution in [0, 0.1) is 0 Å². The first-order chi connectivity index (χ1) is 6.93. The minimum Gasteiger partial charge on any atom is -0.481 e. The molecule has 0 saturated heterocycles. The Morgan fingerprint density at radius 2 is 2.27 bits per heavy atom. The van der Waals surface area contributed by atoms with E-state index in [0.29, 0.717) is 0 Å². The van der Waals surface area contributed by atoms with Crippen molar-refractivity contribution in [3.05, 3.63) is 22.5 Å². The van der Waals surface area contributed by atoms with Crippen LogP contribution in [-0.4, -0.2) is 16.1 Å². The lowest BCUT2D eigenvalue weighted by Gasteiger charge is -2.10. The molecule has 82 valence electrons. The van der Waals surface area contributed by atoms with Crippen LogP contribution in [0.25, 0.3) is 0 Å². The molecule has 0 aliphatic rings. The van der Waals surface area contributed by atoms with Crippen molar-refractivity contribution >= 4 is 23.3 Å². The third-order valence-corrected chi connectivity index (χ3v) is 2.03. The summed E-state index contributed by atoms with van der Waals surface area (Å²) in [5.74, 6) is -1.26. The molecule has 3 N–H and O–H groups in total. The first kappa shape index (κ1) is 11.6. The largest absolute Gasteiger partial charge is 0.481 e. The molecule has 0 spiro atoms. The second-order valence-electron chi connectivity index (χ2n) is 2.75. The normalized spacial score (nSPS) is 10.7. The second-order valence-corrected chi connectivity index (χ2v) is 3.16. The zero-order chi connectivity index (χ0) is 11.6. The number of anilines is 1. The molecule has 0 unspecified atom stereocenters. The molecule has 1 heterocycles. The maximum absolute atomic E-state index is 12.5. The van der Waals surface area contributed by atoms with E-state index in [2.05, 4.69) is 4.98 Å². The van der Waals surface area contributed by atoms with Gasteiger partial charge in [-0.3, -0.25) is 9.78 Å². The number of aromatic nitrogens is 1. The third kappa shape index (κ3) is 2.53. The topological polar surface area (TPSA) is 76.2 Å². The Hall–Kier alpha value is -1.43. The van der Waals surface area contributed by atoms with Gasteiger partial charge >= 0.3 is 5.97 Å². The molecule has 1 rings (SSSR count). The fraction of sp³-hybridized carbons (Fsp3) is 0.250. The molecule has 0 aromatic carbocycles. The van der Waals surface area contributed by atoms with Gasteiger partial charge in [0.25, 0.3) is 6.43 Å². The van der Waals surface area contributed by atoms with Crippen LogP contribution in [-0.2, 0) is 11.2 Å². The summed E-state index contributed by atoms with van der Waals surface area (Å²) in [6.45, 7) is 0. The number of aliphatic carboxylic acids is 1. The SMILES string of the molecule is Nc1c(Cl)cnc(CC(=O)O)c1C(F)F. The van der Waals surface area contributed by atoms with Crippen molar-refractivity contribution in [2.45, 2.75) is 12.8 Å². The molecule has 7 heteroatoms. The Morgan fingerprint density at radius 1 is 1.67 bits per heavy atom. The third-order valence-electron chi connectivity index (χ3n) is 1.73. The number of carboxylic acid groups (broad SMARTS) is 1. The van der Waals surface area contributed by atoms with E-state index >= 15 is 0 Å². The lowest BCUT2D eigenvalue weighted by Crippen LogP contribution is -2.09. The van der Waals surface area contributed by atoms with Gasteiger partial charge in [-0.05, 0) is 0 Å². The molecule has 1 aromatic rings. The summed E-state index contributed by atoms with van der Waals surface area (Å²) in [6, 6.07) is 0. The summed E-state index contributed by atoms with van der Waals surface area (Å²) >= 11 is 5.50. The molecule has 0 atom stereocenters. The standard InChI is InChI=1S/C8H7ClF2N2O2/c9-3-2-13-4(1-5(14)15)6(7(3)12)8(10)11/h2,8H,1H2,(H2,12,13)(H,14,15). The first-order valence-corrected chi connectivity index (χ1v) is 4.24. The zero-order valence-corrected chi connectivity index (χ0v) is 8.13. The minimum absolute atomic E-state index is 0.112. The fourth-order valence-electron chi connectivity index (χ4n) is 1.09. The average molecular weight is 237 g/mol. The number of rotatable bonds is 3. The first-order valence-electron chi connectivity index (χ1n) is 3.86. The molecule has 0 aliphatic carbocycles. The Labute approximate surface area is 88.7 Å². The number of pyridine rings is 1. The number of carboxylic acids is 1. The van der Waals surface area contributed by atoms with E-state index in [-0.39, 0.29) is 16.4 Å². The highest BCUT2D eigenvalue weighted by atomic mass is 35.5. The minimum atomic E-state index is -2.90. The van der Waals surface area contributed by atoms with Crippen molar-refractivity contribution in [1.29, 1.82) is 0 Å². The van der Waals surface area contributed by atoms with Crippen molar-refractivity contribution < 1.29 is 18.7 Å². The van der Waals surface area contributed by atoms with Crippen molar-refractivity contribution in [3.8, 4) is 0 Å². The predicted molar refractivity (Wildman–Crippen MR) is 50.0 cm³/mol. The van der Waals surface area contributed by atoms with E-state index in [4.69, 9.17) is 22.4 Å². The molecule has 0 saturated carbocycles. The number of carbonyl (C=O) groups is 1. The average Bonchev–Trinajstić information content (AvgIpc) is 2.10. The van der Waals surface area contributed by atoms with E-state index in [0.717, 1.165) is 6.20 Å². The van der Waals surface area contributed by atoms with Crippen LogP contribution in [0.1, 0.15) is 17.7 Å². The highest BCUT2D eigenvalue weighted by molar-refractivity contribution is 6.33. The molecule has 0 bridgehead atoms. The number of nitrogens with two attached hydrogens (primary N) is 1. The molecule has 0 radical (unpaired) electrons. The van der Waals surface area contributed by atoms with Crippen LogP contribution in [0.3, 0.4) is 0 Å². The molecular weight excluding hydrogens is 230 g/mol. The number of nitrogen functional groups attached to an aromatic ring is 1. The van der Waals surface area contributed by atoms with E-state index < -0.39 is 24.4 Å². The molecule has 0 amide bonds. The maximum Gasteiger partial charge on any atom is 0.309 e. The van der Waals surface area contributed by atoms with Crippen LogP contribution in [0.4, 0.5) is 14.5 Å². The van der Waals surface area contributed by atoms with Gasteiger partial charge in [-0.2, -0.15) is 0 Å². The number of nitrogens with zero attached hydrogens (tertiary/aromatic N) is 1. The molecule has 0 fully saturated rings. The summed E-state index contributed by atoms with van der Waals surface area (Å²) in [5, 5.41) is 8.36. The van der Waals surface area contributed by atoms with Crippen molar-refractivity contribution in [3.63, 3.8) is 0 Å². The van der Waals surface area contributed by atoms with Gasteiger partial charge in [-0.25, -0.2) is 8.78 Å². The Kier molecular flexibility index (Phi) is 3.41. The van der Waals surface area contributed by atoms with Gasteiger partial charge in [-0.15, -0.1) is 0 Å². The molecule has 4 nitrogen and oxygen atoms in total.